The van der Waals surface area contributed by atoms with Gasteiger partial charge in [-0.3, -0.25) is 19.3 Å². The zero-order valence-electron chi connectivity index (χ0n) is 9.18. The summed E-state index contributed by atoms with van der Waals surface area (Å²) in [6.07, 6.45) is 0. The Balaban J connectivity index is 2.15. The van der Waals surface area contributed by atoms with Gasteiger partial charge in [0.15, 0.2) is 5.78 Å². The quantitative estimate of drug-likeness (QED) is 0.472. The molecule has 0 bridgehead atoms. The molecule has 1 aliphatic heterocycles. The second kappa shape index (κ2) is 4.51. The fourth-order valence-corrected chi connectivity index (χ4v) is 2.41. The van der Waals surface area contributed by atoms with E-state index in [1.165, 1.54) is 13.1 Å². The molecular formula is C10H7ClN2O4S. The summed E-state index contributed by atoms with van der Waals surface area (Å²) >= 11 is 6.73. The maximum absolute atomic E-state index is 11.8. The molecule has 4 amide bonds. The Hall–Kier alpha value is -1.73. The summed E-state index contributed by atoms with van der Waals surface area (Å²) in [5.41, 5.74) is 0. The molecule has 18 heavy (non-hydrogen) atoms. The van der Waals surface area contributed by atoms with Crippen molar-refractivity contribution in [3.05, 3.63) is 21.3 Å². The highest BCUT2D eigenvalue weighted by atomic mass is 35.5. The summed E-state index contributed by atoms with van der Waals surface area (Å²) in [5.74, 6) is -2.35. The third-order valence-corrected chi connectivity index (χ3v) is 3.67. The normalized spacial score (nSPS) is 15.8. The maximum Gasteiger partial charge on any atom is 0.334 e. The number of thiophene rings is 1. The van der Waals surface area contributed by atoms with Crippen molar-refractivity contribution in [2.24, 2.45) is 0 Å². The van der Waals surface area contributed by atoms with Crippen molar-refractivity contribution in [1.29, 1.82) is 0 Å². The van der Waals surface area contributed by atoms with Gasteiger partial charge in [0.25, 0.3) is 0 Å². The number of hydrogen-bond acceptors (Lipinski definition) is 5. The first kappa shape index (κ1) is 12.7. The molecule has 1 aliphatic rings. The van der Waals surface area contributed by atoms with Crippen molar-refractivity contribution in [2.45, 2.75) is 0 Å². The highest BCUT2D eigenvalue weighted by Crippen LogP contribution is 2.22. The number of nitrogens with zero attached hydrogens (tertiary/aromatic N) is 2. The Kier molecular flexibility index (Phi) is 3.18. The van der Waals surface area contributed by atoms with Gasteiger partial charge in [0, 0.05) is 7.05 Å². The summed E-state index contributed by atoms with van der Waals surface area (Å²) in [5, 5.41) is 0. The number of carbonyl (C=O) groups excluding carboxylic acids is 4. The first-order valence-electron chi connectivity index (χ1n) is 4.84. The van der Waals surface area contributed by atoms with Crippen molar-refractivity contribution < 1.29 is 19.2 Å². The van der Waals surface area contributed by atoms with E-state index in [0.717, 1.165) is 11.3 Å². The molecule has 2 rings (SSSR count). The van der Waals surface area contributed by atoms with Gasteiger partial charge in [0.2, 0.25) is 0 Å². The molecule has 2 heterocycles. The summed E-state index contributed by atoms with van der Waals surface area (Å²) in [7, 11) is 1.19. The summed E-state index contributed by atoms with van der Waals surface area (Å²) < 4.78 is 0.436. The zero-order chi connectivity index (χ0) is 13.4. The van der Waals surface area contributed by atoms with Gasteiger partial charge < -0.3 is 0 Å². The molecule has 0 unspecified atom stereocenters. The largest absolute Gasteiger partial charge is 0.334 e. The second-order valence-corrected chi connectivity index (χ2v) is 5.28. The lowest BCUT2D eigenvalue weighted by Crippen LogP contribution is -2.36. The molecule has 0 atom stereocenters. The van der Waals surface area contributed by atoms with Crippen LogP contribution in [0.2, 0.25) is 4.34 Å². The summed E-state index contributed by atoms with van der Waals surface area (Å²) in [6, 6.07) is 2.26. The number of likely N-dealkylation sites (N-methyl/N-ethyl adjacent to an activating group) is 1. The Morgan fingerprint density at radius 3 is 2.39 bits per heavy atom. The van der Waals surface area contributed by atoms with Crippen LogP contribution in [-0.4, -0.2) is 47.0 Å². The Morgan fingerprint density at radius 1 is 1.28 bits per heavy atom. The predicted molar refractivity (Wildman–Crippen MR) is 63.5 cm³/mol. The van der Waals surface area contributed by atoms with Crippen molar-refractivity contribution in [3.8, 4) is 0 Å². The minimum Gasteiger partial charge on any atom is -0.291 e. The van der Waals surface area contributed by atoms with Gasteiger partial charge in [-0.1, -0.05) is 11.6 Å². The standard InChI is InChI=1S/C10H7ClN2O4S/c1-12-8(15)9(16)13(10(12)17)4-5(14)6-2-3-7(11)18-6/h2-3H,4H2,1H3. The lowest BCUT2D eigenvalue weighted by atomic mass is 10.3. The SMILES string of the molecule is CN1C(=O)C(=O)N(CC(=O)c2ccc(Cl)s2)C1=O. The van der Waals surface area contributed by atoms with Crippen LogP contribution in [0.1, 0.15) is 9.67 Å². The molecule has 0 aliphatic carbocycles. The van der Waals surface area contributed by atoms with Gasteiger partial charge in [0.05, 0.1) is 15.8 Å². The van der Waals surface area contributed by atoms with Crippen molar-refractivity contribution >= 4 is 46.6 Å². The molecule has 1 fully saturated rings. The molecular weight excluding hydrogens is 280 g/mol. The molecule has 0 N–H and O–H groups in total. The highest BCUT2D eigenvalue weighted by Gasteiger charge is 2.43. The Bertz CT molecular complexity index is 568. The van der Waals surface area contributed by atoms with Crippen LogP contribution in [0, 0.1) is 0 Å². The van der Waals surface area contributed by atoms with E-state index in [1.54, 1.807) is 6.07 Å². The predicted octanol–water partition coefficient (Wildman–Crippen LogP) is 1.00. The molecule has 1 aromatic heterocycles. The van der Waals surface area contributed by atoms with Gasteiger partial charge >= 0.3 is 17.8 Å². The van der Waals surface area contributed by atoms with E-state index in [-0.39, 0.29) is 0 Å². The van der Waals surface area contributed by atoms with E-state index >= 15 is 0 Å². The van der Waals surface area contributed by atoms with Crippen molar-refractivity contribution in [1.82, 2.24) is 9.80 Å². The van der Waals surface area contributed by atoms with Crippen LogP contribution in [0.3, 0.4) is 0 Å². The number of rotatable bonds is 3. The molecule has 94 valence electrons. The first-order chi connectivity index (χ1) is 8.41. The number of halogens is 1. The van der Waals surface area contributed by atoms with E-state index in [1.807, 2.05) is 0 Å². The highest BCUT2D eigenvalue weighted by molar-refractivity contribution is 7.18. The summed E-state index contributed by atoms with van der Waals surface area (Å²) in [4.78, 5) is 47.6. The van der Waals surface area contributed by atoms with Crippen molar-refractivity contribution in [3.63, 3.8) is 0 Å². The van der Waals surface area contributed by atoms with Crippen LogP contribution >= 0.6 is 22.9 Å². The molecule has 0 aromatic carbocycles. The lowest BCUT2D eigenvalue weighted by molar-refractivity contribution is -0.142. The Morgan fingerprint density at radius 2 is 1.94 bits per heavy atom. The maximum atomic E-state index is 11.8. The van der Waals surface area contributed by atoms with Gasteiger partial charge in [-0.25, -0.2) is 9.69 Å². The number of urea groups is 1. The van der Waals surface area contributed by atoms with Crippen LogP contribution < -0.4 is 0 Å². The average Bonchev–Trinajstić information content (AvgIpc) is 2.84. The number of carbonyl (C=O) groups is 4. The third kappa shape index (κ3) is 2.02. The van der Waals surface area contributed by atoms with Crippen LogP contribution in [0.15, 0.2) is 12.1 Å². The number of Topliss-reactive ketones (excluding diaryl/α,β-unsaturated/α-hetero) is 1. The first-order valence-corrected chi connectivity index (χ1v) is 6.03. The molecule has 1 aromatic rings. The average molecular weight is 287 g/mol. The minimum absolute atomic E-state index is 0.336. The molecule has 1 saturated heterocycles. The number of amides is 4. The van der Waals surface area contributed by atoms with Crippen LogP contribution in [-0.2, 0) is 9.59 Å². The van der Waals surface area contributed by atoms with E-state index in [4.69, 9.17) is 11.6 Å². The fraction of sp³-hybridized carbons (Fsp3) is 0.200. The van der Waals surface area contributed by atoms with Gasteiger partial charge in [-0.05, 0) is 12.1 Å². The van der Waals surface area contributed by atoms with Gasteiger partial charge in [-0.2, -0.15) is 0 Å². The summed E-state index contributed by atoms with van der Waals surface area (Å²) in [6.45, 7) is -0.454. The number of imide groups is 2. The van der Waals surface area contributed by atoms with Crippen LogP contribution in [0.25, 0.3) is 0 Å². The minimum atomic E-state index is -0.987. The smallest absolute Gasteiger partial charge is 0.291 e. The second-order valence-electron chi connectivity index (χ2n) is 3.56. The van der Waals surface area contributed by atoms with E-state index in [9.17, 15) is 19.2 Å². The van der Waals surface area contributed by atoms with E-state index in [2.05, 4.69) is 0 Å². The zero-order valence-corrected chi connectivity index (χ0v) is 10.7. The molecule has 0 radical (unpaired) electrons. The van der Waals surface area contributed by atoms with Gasteiger partial charge in [-0.15, -0.1) is 11.3 Å². The van der Waals surface area contributed by atoms with Crippen molar-refractivity contribution in [2.75, 3.05) is 13.6 Å². The van der Waals surface area contributed by atoms with Crippen LogP contribution in [0.4, 0.5) is 4.79 Å². The molecule has 0 saturated carbocycles. The monoisotopic (exact) mass is 286 g/mol. The topological polar surface area (TPSA) is 74.8 Å². The lowest BCUT2D eigenvalue weighted by Gasteiger charge is -2.10. The Labute approximate surface area is 111 Å². The number of hydrogen-bond donors (Lipinski definition) is 0. The fourth-order valence-electron chi connectivity index (χ4n) is 1.44. The van der Waals surface area contributed by atoms with E-state index < -0.39 is 30.2 Å². The van der Waals surface area contributed by atoms with Crippen LogP contribution in [0.5, 0.6) is 0 Å². The molecule has 0 spiro atoms. The van der Waals surface area contributed by atoms with Gasteiger partial charge in [0.1, 0.15) is 0 Å². The van der Waals surface area contributed by atoms with E-state index in [0.29, 0.717) is 19.0 Å². The molecule has 6 nitrogen and oxygen atoms in total. The number of ketones is 1. The third-order valence-electron chi connectivity index (χ3n) is 2.40. The molecule has 8 heteroatoms.